The van der Waals surface area contributed by atoms with E-state index in [0.29, 0.717) is 68.2 Å². The molecule has 3 aliphatic heterocycles. The molecule has 5 heterocycles. The Morgan fingerprint density at radius 1 is 0.769 bits per heavy atom. The molecule has 0 aliphatic carbocycles. The number of nitrogens with zero attached hydrogens (tertiary/aromatic N) is 6. The van der Waals surface area contributed by atoms with Crippen molar-refractivity contribution in [2.75, 3.05) is 87.6 Å². The molecule has 1 saturated heterocycles. The molecule has 3 aliphatic rings. The molecule has 0 unspecified atom stereocenters. The summed E-state index contributed by atoms with van der Waals surface area (Å²) in [7, 11) is 0.907. The SMILES string of the molecule is CCCNC(=O)Nc1cccc(S(=O)(=O)Nc2cccc([C@@H](CC(=O)O)NC(=O)Nc3ccc(NC(=O)N(C)CCN(C)CCN(C)CC(=O)N[C@@H](CC(N)=O)C(=O)N4CCC[C@H]4C(=O)N[C@H](C(=O)O[C@]4(CC)C(=O)OCc5c4cc4n(c5=O)Cc5c-4nc4ccccc4c5CC)C(C)C)cc3)c2)c1. The number of nitrogens with two attached hydrogens (primary N) is 1. The first-order valence-electron chi connectivity index (χ1n) is 34.4. The lowest BCUT2D eigenvalue weighted by Gasteiger charge is -2.37. The lowest BCUT2D eigenvalue weighted by Crippen LogP contribution is -2.58. The van der Waals surface area contributed by atoms with Gasteiger partial charge in [-0.1, -0.05) is 71.0 Å². The zero-order chi connectivity index (χ0) is 75.3. The molecular weight excluding hydrogens is 1360 g/mol. The molecule has 10 amide bonds. The van der Waals surface area contributed by atoms with Gasteiger partial charge < -0.3 is 76.8 Å². The summed E-state index contributed by atoms with van der Waals surface area (Å²) in [5, 5.41) is 29.4. The van der Waals surface area contributed by atoms with E-state index in [1.807, 2.05) is 50.1 Å². The number of fused-ring (bicyclic) bond motifs is 5. The first kappa shape index (κ1) is 77.2. The van der Waals surface area contributed by atoms with Crippen LogP contribution in [0.5, 0.6) is 0 Å². The fourth-order valence-electron chi connectivity index (χ4n) is 12.8. The number of primary amides is 1. The molecule has 31 nitrogen and oxygen atoms in total. The number of likely N-dealkylation sites (tertiary alicyclic amines) is 1. The number of carboxylic acid groups (broad SMARTS) is 1. The number of aromatic nitrogens is 2. The average molecular weight is 1450 g/mol. The summed E-state index contributed by atoms with van der Waals surface area (Å²) >= 11 is 0. The van der Waals surface area contributed by atoms with Gasteiger partial charge in [0.2, 0.25) is 29.2 Å². The molecule has 5 atom stereocenters. The summed E-state index contributed by atoms with van der Waals surface area (Å²) in [4.78, 5) is 159. The van der Waals surface area contributed by atoms with Gasteiger partial charge >= 0.3 is 36.0 Å². The Morgan fingerprint density at radius 2 is 1.45 bits per heavy atom. The number of amides is 10. The zero-order valence-electron chi connectivity index (χ0n) is 59.3. The predicted octanol–water partition coefficient (Wildman–Crippen LogP) is 5.38. The third kappa shape index (κ3) is 18.4. The van der Waals surface area contributed by atoms with Crippen LogP contribution in [0.15, 0.2) is 113 Å². The minimum atomic E-state index is -4.20. The number of nitrogens with one attached hydrogen (secondary N) is 8. The molecule has 0 spiro atoms. The van der Waals surface area contributed by atoms with E-state index in [2.05, 4.69) is 41.9 Å². The number of hydrogen-bond donors (Lipinski definition) is 10. The molecule has 1 fully saturated rings. The van der Waals surface area contributed by atoms with Crippen molar-refractivity contribution in [1.29, 1.82) is 0 Å². The maximum Gasteiger partial charge on any atom is 0.355 e. The molecule has 6 aromatic rings. The summed E-state index contributed by atoms with van der Waals surface area (Å²) in [5.74, 6) is -6.70. The lowest BCUT2D eigenvalue weighted by molar-refractivity contribution is -0.191. The largest absolute Gasteiger partial charge is 0.481 e. The van der Waals surface area contributed by atoms with E-state index in [4.69, 9.17) is 20.2 Å². The number of rotatable bonds is 31. The third-order valence-electron chi connectivity index (χ3n) is 18.4. The summed E-state index contributed by atoms with van der Waals surface area (Å²) in [6.45, 7) is 10.5. The number of sulfonamides is 1. The first-order chi connectivity index (χ1) is 49.5. The van der Waals surface area contributed by atoms with Gasteiger partial charge in [0.15, 0.2) is 0 Å². The maximum atomic E-state index is 14.5. The second-order valence-electron chi connectivity index (χ2n) is 26.3. The van der Waals surface area contributed by atoms with Gasteiger partial charge in [-0.2, -0.15) is 0 Å². The molecule has 0 bridgehead atoms. The van der Waals surface area contributed by atoms with Crippen LogP contribution < -0.4 is 53.2 Å². The summed E-state index contributed by atoms with van der Waals surface area (Å²) in [6, 6.07) is 20.2. The Balaban J connectivity index is 0.725. The number of anilines is 4. The number of cyclic esters (lactones) is 1. The van der Waals surface area contributed by atoms with Crippen LogP contribution >= 0.6 is 0 Å². The van der Waals surface area contributed by atoms with Crippen molar-refractivity contribution in [3.05, 3.63) is 141 Å². The van der Waals surface area contributed by atoms with Gasteiger partial charge in [0, 0.05) is 85.6 Å². The van der Waals surface area contributed by atoms with Crippen LogP contribution in [0.4, 0.5) is 37.1 Å². The van der Waals surface area contributed by atoms with E-state index in [9.17, 15) is 66.3 Å². The van der Waals surface area contributed by atoms with E-state index in [1.165, 1.54) is 70.5 Å². The van der Waals surface area contributed by atoms with E-state index in [-0.39, 0.29) is 78.6 Å². The normalized spacial score (nSPS) is 16.0. The molecule has 4 aromatic carbocycles. The number of urea groups is 3. The topological polar surface area (TPSA) is 414 Å². The van der Waals surface area contributed by atoms with Crippen molar-refractivity contribution < 1.29 is 70.9 Å². The monoisotopic (exact) mass is 1450 g/mol. The van der Waals surface area contributed by atoms with Crippen LogP contribution in [0.25, 0.3) is 22.3 Å². The number of pyridine rings is 2. The summed E-state index contributed by atoms with van der Waals surface area (Å²) < 4.78 is 42.7. The molecule has 554 valence electrons. The van der Waals surface area contributed by atoms with Crippen molar-refractivity contribution >= 4 is 103 Å². The fourth-order valence-corrected chi connectivity index (χ4v) is 13.9. The standard InChI is InChI=1S/C72H89N15O16S/c1-9-28-74-69(97)76-46-18-15-20-48(35-46)104(100,101)82-47-19-14-17-43(34-47)55(38-61(90)91)80-70(98)75-44-24-26-45(27-25-44)77-71(99)85(8)33-32-83(6)30-31-84(7)40-60(89)78-56(37-59(73)88)66(94)86-29-16-23-57(86)64(92)81-62(42(4)5)67(95)103-72(11-3)53-36-58-63-51(39-87(58)65(93)52(53)41-102-68(72)96)49(10-2)50-21-12-13-22-54(50)79-63/h12-15,17-22,24-27,34-36,42,55-57,62,82H,9-11,16,23,28-33,37-41H2,1-8H3,(H2,73,88)(H,77,99)(H,78,89)(H,81,92)(H,90,91)(H2,74,76,97)(H2,75,80,98)/t55-,56+,57+,62+,72+/m1/s1. The Bertz CT molecular complexity index is 4460. The van der Waals surface area contributed by atoms with Gasteiger partial charge in [0.25, 0.3) is 15.6 Å². The molecule has 9 rings (SSSR count). The highest BCUT2D eigenvalue weighted by Gasteiger charge is 2.52. The fraction of sp³-hybridized carbons (Fsp3) is 0.417. The lowest BCUT2D eigenvalue weighted by atomic mass is 9.85. The van der Waals surface area contributed by atoms with E-state index in [0.717, 1.165) is 22.0 Å². The Hall–Kier alpha value is -11.0. The number of ether oxygens (including phenoxy) is 2. The highest BCUT2D eigenvalue weighted by atomic mass is 32.2. The third-order valence-corrected chi connectivity index (χ3v) is 19.8. The van der Waals surface area contributed by atoms with Gasteiger partial charge in [0.1, 0.15) is 24.7 Å². The van der Waals surface area contributed by atoms with Gasteiger partial charge in [-0.15, -0.1) is 0 Å². The first-order valence-corrected chi connectivity index (χ1v) is 35.8. The van der Waals surface area contributed by atoms with Gasteiger partial charge in [-0.3, -0.25) is 38.4 Å². The van der Waals surface area contributed by atoms with Crippen molar-refractivity contribution in [3.63, 3.8) is 0 Å². The molecular formula is C72H89N15O16S. The Labute approximate surface area is 601 Å². The molecule has 0 radical (unpaired) electrons. The average Bonchev–Trinajstić information content (AvgIpc) is 1.47. The number of benzene rings is 4. The molecule has 0 saturated carbocycles. The minimum Gasteiger partial charge on any atom is -0.481 e. The maximum absolute atomic E-state index is 14.5. The van der Waals surface area contributed by atoms with Gasteiger partial charge in [-0.05, 0) is 130 Å². The number of esters is 2. The quantitative estimate of drug-likeness (QED) is 0.0244. The molecule has 104 heavy (non-hydrogen) atoms. The number of hydrogen-bond acceptors (Lipinski definition) is 18. The number of carboxylic acids is 1. The number of aliphatic carboxylic acids is 1. The second-order valence-corrected chi connectivity index (χ2v) is 28.0. The Kier molecular flexibility index (Phi) is 25.1. The Morgan fingerprint density at radius 3 is 2.14 bits per heavy atom. The number of carbonyl (C=O) groups excluding carboxylic acids is 9. The van der Waals surface area contributed by atoms with Crippen molar-refractivity contribution in [1.82, 2.24) is 50.4 Å². The van der Waals surface area contributed by atoms with E-state index >= 15 is 0 Å². The smallest absolute Gasteiger partial charge is 0.355 e. The molecule has 32 heteroatoms. The van der Waals surface area contributed by atoms with Crippen LogP contribution in [0.3, 0.4) is 0 Å². The van der Waals surface area contributed by atoms with Crippen LogP contribution in [-0.2, 0) is 78.2 Å². The zero-order valence-corrected chi connectivity index (χ0v) is 60.1. The van der Waals surface area contributed by atoms with Gasteiger partial charge in [0.05, 0.1) is 59.3 Å². The van der Waals surface area contributed by atoms with Crippen LogP contribution in [0, 0.1) is 5.92 Å². The highest BCUT2D eigenvalue weighted by Crippen LogP contribution is 2.43. The van der Waals surface area contributed by atoms with E-state index < -0.39 is 124 Å². The second kappa shape index (κ2) is 33.9. The van der Waals surface area contributed by atoms with Crippen LogP contribution in [0.1, 0.15) is 107 Å². The number of carbonyl (C=O) groups is 10. The number of likely N-dealkylation sites (N-methyl/N-ethyl adjacent to an activating group) is 3. The van der Waals surface area contributed by atoms with E-state index in [1.54, 1.807) is 62.5 Å². The van der Waals surface area contributed by atoms with Crippen molar-refractivity contribution in [3.8, 4) is 11.4 Å². The summed E-state index contributed by atoms with van der Waals surface area (Å²) in [5.41, 5.74) is 8.40. The number of para-hydroxylation sites is 1. The molecule has 11 N–H and O–H groups in total. The van der Waals surface area contributed by atoms with Crippen molar-refractivity contribution in [2.24, 2.45) is 11.7 Å². The molecule has 2 aromatic heterocycles. The van der Waals surface area contributed by atoms with Crippen LogP contribution in [-0.4, -0.2) is 187 Å². The number of aryl methyl sites for hydroxylation is 1. The van der Waals surface area contributed by atoms with Gasteiger partial charge in [-0.25, -0.2) is 37.4 Å². The van der Waals surface area contributed by atoms with Crippen molar-refractivity contribution in [2.45, 2.75) is 127 Å². The van der Waals surface area contributed by atoms with Crippen LogP contribution in [0.2, 0.25) is 0 Å². The predicted molar refractivity (Wildman–Crippen MR) is 386 cm³/mol. The highest BCUT2D eigenvalue weighted by molar-refractivity contribution is 7.92. The minimum absolute atomic E-state index is 0.0752. The summed E-state index contributed by atoms with van der Waals surface area (Å²) in [6.07, 6.45) is 0.649.